The van der Waals surface area contributed by atoms with E-state index in [1.54, 1.807) is 13.0 Å². The third-order valence-corrected chi connectivity index (χ3v) is 12.8. The van der Waals surface area contributed by atoms with Gasteiger partial charge in [0, 0.05) is 18.5 Å². The summed E-state index contributed by atoms with van der Waals surface area (Å²) in [5.74, 6) is -3.22. The third-order valence-electron chi connectivity index (χ3n) is 8.01. The number of rotatable bonds is 9. The van der Waals surface area contributed by atoms with Gasteiger partial charge >= 0.3 is 5.97 Å². The molecule has 0 saturated heterocycles. The second-order valence-corrected chi connectivity index (χ2v) is 17.3. The van der Waals surface area contributed by atoms with Crippen LogP contribution in [0.4, 0.5) is 14.5 Å². The Morgan fingerprint density at radius 2 is 1.85 bits per heavy atom. The minimum Gasteiger partial charge on any atom is -0.465 e. The first-order chi connectivity index (χ1) is 18.1. The smallest absolute Gasteiger partial charge is 0.318 e. The van der Waals surface area contributed by atoms with E-state index in [1.165, 1.54) is 24.3 Å². The number of anilines is 1. The van der Waals surface area contributed by atoms with Gasteiger partial charge in [-0.25, -0.2) is 8.78 Å². The van der Waals surface area contributed by atoms with Crippen LogP contribution in [0.2, 0.25) is 23.2 Å². The van der Waals surface area contributed by atoms with Gasteiger partial charge in [0.1, 0.15) is 17.6 Å². The molecule has 1 aliphatic heterocycles. The summed E-state index contributed by atoms with van der Waals surface area (Å²) >= 11 is 5.93. The third kappa shape index (κ3) is 6.72. The minimum atomic E-state index is -2.11. The van der Waals surface area contributed by atoms with E-state index in [9.17, 15) is 14.0 Å². The summed E-state index contributed by atoms with van der Waals surface area (Å²) in [4.78, 5) is 28.4. The highest BCUT2D eigenvalue weighted by Gasteiger charge is 2.43. The molecule has 2 unspecified atom stereocenters. The van der Waals surface area contributed by atoms with Crippen LogP contribution in [0.25, 0.3) is 0 Å². The molecular weight excluding hydrogens is 540 g/mol. The highest BCUT2D eigenvalue weighted by Crippen LogP contribution is 2.39. The SMILES string of the molecule is CCOC(=O)C1CN(C(CO[Si](C)(C)C(C)(C)C)C(C)C)c2cc(F)c(Cc3cccc(Cl)c3F)cc2C1=O. The molecule has 0 bridgehead atoms. The quantitative estimate of drug-likeness (QED) is 0.176. The van der Waals surface area contributed by atoms with Gasteiger partial charge in [0.15, 0.2) is 14.1 Å². The van der Waals surface area contributed by atoms with E-state index in [0.717, 1.165) is 0 Å². The highest BCUT2D eigenvalue weighted by atomic mass is 35.5. The van der Waals surface area contributed by atoms with Gasteiger partial charge in [-0.1, -0.05) is 58.4 Å². The van der Waals surface area contributed by atoms with E-state index in [-0.39, 0.29) is 58.3 Å². The lowest BCUT2D eigenvalue weighted by Crippen LogP contribution is -2.53. The lowest BCUT2D eigenvalue weighted by atomic mass is 9.86. The van der Waals surface area contributed by atoms with Crippen LogP contribution in [0.1, 0.15) is 63.0 Å². The Morgan fingerprint density at radius 1 is 1.18 bits per heavy atom. The lowest BCUT2D eigenvalue weighted by molar-refractivity contribution is -0.146. The summed E-state index contributed by atoms with van der Waals surface area (Å²) < 4.78 is 42.0. The van der Waals surface area contributed by atoms with E-state index < -0.39 is 37.6 Å². The number of carbonyl (C=O) groups excluding carboxylic acids is 2. The number of halogens is 3. The van der Waals surface area contributed by atoms with Crippen LogP contribution in [0, 0.1) is 23.5 Å². The molecular formula is C30H40ClF2NO4Si. The van der Waals surface area contributed by atoms with Gasteiger partial charge in [-0.05, 0) is 60.3 Å². The van der Waals surface area contributed by atoms with Crippen molar-refractivity contribution < 1.29 is 27.5 Å². The number of esters is 1. The van der Waals surface area contributed by atoms with Crippen LogP contribution in [-0.4, -0.2) is 45.9 Å². The minimum absolute atomic E-state index is 0.00557. The number of hydrogen-bond acceptors (Lipinski definition) is 5. The Hall–Kier alpha value is -2.29. The average molecular weight is 580 g/mol. The molecule has 0 spiro atoms. The van der Waals surface area contributed by atoms with Crippen molar-refractivity contribution in [2.24, 2.45) is 11.8 Å². The molecule has 1 aliphatic rings. The molecule has 214 valence electrons. The molecule has 5 nitrogen and oxygen atoms in total. The second-order valence-electron chi connectivity index (χ2n) is 12.1. The van der Waals surface area contributed by atoms with E-state index in [4.69, 9.17) is 20.8 Å². The molecule has 0 aromatic heterocycles. The molecule has 0 N–H and O–H groups in total. The summed E-state index contributed by atoms with van der Waals surface area (Å²) in [6.45, 7) is 17.2. The molecule has 0 amide bonds. The van der Waals surface area contributed by atoms with Crippen LogP contribution in [-0.2, 0) is 20.4 Å². The average Bonchev–Trinajstić information content (AvgIpc) is 2.83. The zero-order valence-corrected chi connectivity index (χ0v) is 25.9. The Labute approximate surface area is 237 Å². The molecule has 2 aromatic rings. The van der Waals surface area contributed by atoms with Crippen molar-refractivity contribution >= 4 is 37.4 Å². The zero-order valence-electron chi connectivity index (χ0n) is 24.2. The van der Waals surface area contributed by atoms with Crippen molar-refractivity contribution in [3.63, 3.8) is 0 Å². The number of nitrogens with zero attached hydrogens (tertiary/aromatic N) is 1. The van der Waals surface area contributed by atoms with Crippen molar-refractivity contribution in [2.45, 2.75) is 72.1 Å². The zero-order chi connectivity index (χ0) is 29.3. The fourth-order valence-electron chi connectivity index (χ4n) is 4.52. The standard InChI is InChI=1S/C30H40ClF2NO4Si/c1-9-37-29(36)22-16-34(26(18(2)3)17-38-39(7,8)30(4,5)6)25-15-24(32)20(14-21(25)28(22)35)13-19-11-10-12-23(31)27(19)33/h10-12,14-15,18,22,26H,9,13,16-17H2,1-8H3. The molecule has 2 aromatic carbocycles. The summed E-state index contributed by atoms with van der Waals surface area (Å²) in [6.07, 6.45) is -0.0923. The number of benzene rings is 2. The van der Waals surface area contributed by atoms with Crippen molar-refractivity contribution in [3.8, 4) is 0 Å². The molecule has 39 heavy (non-hydrogen) atoms. The Morgan fingerprint density at radius 3 is 2.44 bits per heavy atom. The molecule has 0 fully saturated rings. The fourth-order valence-corrected chi connectivity index (χ4v) is 5.74. The lowest BCUT2D eigenvalue weighted by Gasteiger charge is -2.44. The summed E-state index contributed by atoms with van der Waals surface area (Å²) in [6, 6.07) is 7.09. The van der Waals surface area contributed by atoms with Crippen molar-refractivity contribution in [3.05, 3.63) is 63.7 Å². The molecule has 0 aliphatic carbocycles. The topological polar surface area (TPSA) is 55.8 Å². The van der Waals surface area contributed by atoms with Crippen LogP contribution < -0.4 is 4.90 Å². The Bertz CT molecular complexity index is 1230. The van der Waals surface area contributed by atoms with E-state index in [2.05, 4.69) is 33.9 Å². The molecule has 9 heteroatoms. The molecule has 0 radical (unpaired) electrons. The normalized spacial score (nSPS) is 16.9. The molecule has 1 heterocycles. The van der Waals surface area contributed by atoms with Gasteiger partial charge in [-0.15, -0.1) is 0 Å². The van der Waals surface area contributed by atoms with Crippen molar-refractivity contribution in [1.82, 2.24) is 0 Å². The Kier molecular flexibility index (Phi) is 9.66. The first kappa shape index (κ1) is 31.2. The highest BCUT2D eigenvalue weighted by molar-refractivity contribution is 6.74. The van der Waals surface area contributed by atoms with Gasteiger partial charge in [-0.2, -0.15) is 0 Å². The van der Waals surface area contributed by atoms with Crippen LogP contribution in [0.3, 0.4) is 0 Å². The van der Waals surface area contributed by atoms with Crippen LogP contribution >= 0.6 is 11.6 Å². The van der Waals surface area contributed by atoms with Gasteiger partial charge in [0.2, 0.25) is 0 Å². The van der Waals surface area contributed by atoms with Gasteiger partial charge in [0.05, 0.1) is 30.0 Å². The largest absolute Gasteiger partial charge is 0.465 e. The van der Waals surface area contributed by atoms with Gasteiger partial charge in [-0.3, -0.25) is 9.59 Å². The number of carbonyl (C=O) groups is 2. The molecule has 3 rings (SSSR count). The first-order valence-corrected chi connectivity index (χ1v) is 16.7. The molecule has 2 atom stereocenters. The number of Topliss-reactive ketones (excluding diaryl/α,β-unsaturated/α-hetero) is 1. The van der Waals surface area contributed by atoms with E-state index in [0.29, 0.717) is 12.3 Å². The van der Waals surface area contributed by atoms with Gasteiger partial charge in [0.25, 0.3) is 0 Å². The van der Waals surface area contributed by atoms with Crippen LogP contribution in [0.5, 0.6) is 0 Å². The number of ketones is 1. The van der Waals surface area contributed by atoms with Gasteiger partial charge < -0.3 is 14.1 Å². The van der Waals surface area contributed by atoms with E-state index in [1.807, 2.05) is 18.7 Å². The monoisotopic (exact) mass is 579 g/mol. The van der Waals surface area contributed by atoms with Crippen molar-refractivity contribution in [2.75, 3.05) is 24.7 Å². The summed E-state index contributed by atoms with van der Waals surface area (Å²) in [5, 5.41) is -0.0639. The number of ether oxygens (including phenoxy) is 1. The molecule has 0 saturated carbocycles. The number of hydrogen-bond donors (Lipinski definition) is 0. The predicted octanol–water partition coefficient (Wildman–Crippen LogP) is 7.44. The maximum Gasteiger partial charge on any atom is 0.318 e. The van der Waals surface area contributed by atoms with Crippen LogP contribution in [0.15, 0.2) is 30.3 Å². The predicted molar refractivity (Wildman–Crippen MR) is 154 cm³/mol. The fraction of sp³-hybridized carbons (Fsp3) is 0.533. The Balaban J connectivity index is 2.09. The summed E-state index contributed by atoms with van der Waals surface area (Å²) in [5.41, 5.74) is 0.986. The number of fused-ring (bicyclic) bond motifs is 1. The summed E-state index contributed by atoms with van der Waals surface area (Å²) in [7, 11) is -2.11. The maximum atomic E-state index is 15.6. The van der Waals surface area contributed by atoms with Crippen molar-refractivity contribution in [1.29, 1.82) is 0 Å². The second kappa shape index (κ2) is 12.1. The maximum absolute atomic E-state index is 15.6. The first-order valence-electron chi connectivity index (χ1n) is 13.5. The van der Waals surface area contributed by atoms with E-state index >= 15 is 4.39 Å².